The van der Waals surface area contributed by atoms with Crippen LogP contribution in [0.15, 0.2) is 78.9 Å². The molecule has 0 saturated heterocycles. The van der Waals surface area contributed by atoms with Gasteiger partial charge >= 0.3 is 0 Å². The maximum atomic E-state index is 12.4. The van der Waals surface area contributed by atoms with Crippen LogP contribution in [0.1, 0.15) is 10.4 Å². The average molecular weight is 443 g/mol. The Balaban J connectivity index is 1.58. The van der Waals surface area contributed by atoms with Gasteiger partial charge in [-0.3, -0.25) is 4.79 Å². The van der Waals surface area contributed by atoms with Gasteiger partial charge in [-0.25, -0.2) is 0 Å². The van der Waals surface area contributed by atoms with Gasteiger partial charge in [-0.15, -0.1) is 0 Å². The van der Waals surface area contributed by atoms with Crippen molar-refractivity contribution in [1.29, 1.82) is 0 Å². The standard InChI is InChI=1S/C23H14Cl3NO2/c24-18-8-4-3-7-17(18)23(28)27-14-9-11-22(20(26)13-14)29-21-12-10-19(25)15-5-1-2-6-16(15)21/h1-13H,(H,27,28). The van der Waals surface area contributed by atoms with E-state index in [1.807, 2.05) is 24.3 Å². The summed E-state index contributed by atoms with van der Waals surface area (Å²) in [5.74, 6) is 0.790. The summed E-state index contributed by atoms with van der Waals surface area (Å²) in [7, 11) is 0. The van der Waals surface area contributed by atoms with Gasteiger partial charge in [0, 0.05) is 21.5 Å². The molecular weight excluding hydrogens is 429 g/mol. The summed E-state index contributed by atoms with van der Waals surface area (Å²) in [6.45, 7) is 0. The normalized spacial score (nSPS) is 10.7. The van der Waals surface area contributed by atoms with Crippen LogP contribution in [0.5, 0.6) is 11.5 Å². The van der Waals surface area contributed by atoms with Crippen LogP contribution in [-0.4, -0.2) is 5.91 Å². The van der Waals surface area contributed by atoms with Gasteiger partial charge in [0.2, 0.25) is 0 Å². The molecule has 0 unspecified atom stereocenters. The molecule has 29 heavy (non-hydrogen) atoms. The molecule has 0 fully saturated rings. The van der Waals surface area contributed by atoms with Crippen molar-refractivity contribution in [2.75, 3.05) is 5.32 Å². The molecule has 0 spiro atoms. The van der Waals surface area contributed by atoms with Gasteiger partial charge in [-0.05, 0) is 42.5 Å². The van der Waals surface area contributed by atoms with Crippen LogP contribution in [-0.2, 0) is 0 Å². The molecule has 0 saturated carbocycles. The molecule has 1 N–H and O–H groups in total. The second-order valence-corrected chi connectivity index (χ2v) is 7.49. The van der Waals surface area contributed by atoms with Crippen LogP contribution in [0.2, 0.25) is 15.1 Å². The average Bonchev–Trinajstić information content (AvgIpc) is 2.72. The summed E-state index contributed by atoms with van der Waals surface area (Å²) in [6.07, 6.45) is 0. The third-order valence-corrected chi connectivity index (χ3v) is 5.31. The minimum absolute atomic E-state index is 0.316. The highest BCUT2D eigenvalue weighted by molar-refractivity contribution is 6.36. The summed E-state index contributed by atoms with van der Waals surface area (Å²) < 4.78 is 6.02. The molecule has 144 valence electrons. The molecule has 0 aliphatic heterocycles. The number of carbonyl (C=O) groups is 1. The first-order chi connectivity index (χ1) is 14.0. The van der Waals surface area contributed by atoms with Gasteiger partial charge < -0.3 is 10.1 Å². The molecule has 0 atom stereocenters. The molecule has 1 amide bonds. The fourth-order valence-electron chi connectivity index (χ4n) is 2.95. The summed E-state index contributed by atoms with van der Waals surface area (Å²) >= 11 is 18.7. The summed E-state index contributed by atoms with van der Waals surface area (Å²) in [6, 6.07) is 23.2. The number of rotatable bonds is 4. The minimum Gasteiger partial charge on any atom is -0.455 e. The number of ether oxygens (including phenoxy) is 1. The quantitative estimate of drug-likeness (QED) is 0.349. The van der Waals surface area contributed by atoms with Crippen LogP contribution >= 0.6 is 34.8 Å². The van der Waals surface area contributed by atoms with E-state index in [0.717, 1.165) is 10.8 Å². The number of anilines is 1. The van der Waals surface area contributed by atoms with Crippen molar-refractivity contribution in [1.82, 2.24) is 0 Å². The Morgan fingerprint density at radius 1 is 0.690 bits per heavy atom. The number of amides is 1. The number of hydrogen-bond donors (Lipinski definition) is 1. The summed E-state index contributed by atoms with van der Waals surface area (Å²) in [5, 5.41) is 5.96. The smallest absolute Gasteiger partial charge is 0.257 e. The van der Waals surface area contributed by atoms with Gasteiger partial charge in [0.25, 0.3) is 5.91 Å². The van der Waals surface area contributed by atoms with Crippen molar-refractivity contribution in [2.24, 2.45) is 0 Å². The van der Waals surface area contributed by atoms with Crippen molar-refractivity contribution in [3.8, 4) is 11.5 Å². The molecule has 3 nitrogen and oxygen atoms in total. The molecule has 0 radical (unpaired) electrons. The maximum Gasteiger partial charge on any atom is 0.257 e. The molecule has 0 heterocycles. The predicted molar refractivity (Wildman–Crippen MR) is 120 cm³/mol. The molecule has 6 heteroatoms. The number of carbonyl (C=O) groups excluding carboxylic acids is 1. The molecule has 4 aromatic carbocycles. The van der Waals surface area contributed by atoms with Crippen LogP contribution in [0, 0.1) is 0 Å². The van der Waals surface area contributed by atoms with E-state index >= 15 is 0 Å². The van der Waals surface area contributed by atoms with E-state index in [-0.39, 0.29) is 5.91 Å². The van der Waals surface area contributed by atoms with Gasteiger partial charge in [-0.1, -0.05) is 71.2 Å². The molecule has 0 bridgehead atoms. The highest BCUT2D eigenvalue weighted by Crippen LogP contribution is 2.37. The summed E-state index contributed by atoms with van der Waals surface area (Å²) in [5.41, 5.74) is 0.923. The number of halogens is 3. The van der Waals surface area contributed by atoms with Crippen LogP contribution < -0.4 is 10.1 Å². The second-order valence-electron chi connectivity index (χ2n) is 6.27. The highest BCUT2D eigenvalue weighted by atomic mass is 35.5. The lowest BCUT2D eigenvalue weighted by Crippen LogP contribution is -2.12. The molecule has 4 rings (SSSR count). The molecule has 0 aliphatic carbocycles. The predicted octanol–water partition coefficient (Wildman–Crippen LogP) is 7.84. The van der Waals surface area contributed by atoms with E-state index in [1.165, 1.54) is 0 Å². The lowest BCUT2D eigenvalue weighted by Gasteiger charge is -2.13. The molecule has 4 aromatic rings. The monoisotopic (exact) mass is 441 g/mol. The van der Waals surface area contributed by atoms with Crippen molar-refractivity contribution in [3.05, 3.63) is 99.5 Å². The Labute approximate surface area is 182 Å². The van der Waals surface area contributed by atoms with E-state index < -0.39 is 0 Å². The first-order valence-electron chi connectivity index (χ1n) is 8.73. The Kier molecular flexibility index (Phi) is 5.63. The van der Waals surface area contributed by atoms with Crippen molar-refractivity contribution in [2.45, 2.75) is 0 Å². The Morgan fingerprint density at radius 2 is 1.38 bits per heavy atom. The zero-order chi connectivity index (χ0) is 20.4. The van der Waals surface area contributed by atoms with E-state index in [9.17, 15) is 4.79 Å². The minimum atomic E-state index is -0.316. The van der Waals surface area contributed by atoms with E-state index in [4.69, 9.17) is 39.5 Å². The van der Waals surface area contributed by atoms with Gasteiger partial charge in [0.15, 0.2) is 0 Å². The Hall–Kier alpha value is -2.72. The molecular formula is C23H14Cl3NO2. The third kappa shape index (κ3) is 4.18. The van der Waals surface area contributed by atoms with Crippen LogP contribution in [0.3, 0.4) is 0 Å². The SMILES string of the molecule is O=C(Nc1ccc(Oc2ccc(Cl)c3ccccc23)c(Cl)c1)c1ccccc1Cl. The van der Waals surface area contributed by atoms with E-state index in [0.29, 0.717) is 37.8 Å². The zero-order valence-electron chi connectivity index (χ0n) is 15.0. The Bertz CT molecular complexity index is 1220. The fourth-order valence-corrected chi connectivity index (χ4v) is 3.62. The first-order valence-corrected chi connectivity index (χ1v) is 9.87. The van der Waals surface area contributed by atoms with E-state index in [1.54, 1.807) is 54.6 Å². The second kappa shape index (κ2) is 8.34. The number of hydrogen-bond acceptors (Lipinski definition) is 2. The van der Waals surface area contributed by atoms with E-state index in [2.05, 4.69) is 5.32 Å². The molecule has 0 aromatic heterocycles. The van der Waals surface area contributed by atoms with Gasteiger partial charge in [0.1, 0.15) is 11.5 Å². The van der Waals surface area contributed by atoms with Crippen LogP contribution in [0.25, 0.3) is 10.8 Å². The van der Waals surface area contributed by atoms with Gasteiger partial charge in [0.05, 0.1) is 15.6 Å². The molecule has 0 aliphatic rings. The highest BCUT2D eigenvalue weighted by Gasteiger charge is 2.13. The number of benzene rings is 4. The first kappa shape index (κ1) is 19.6. The number of fused-ring (bicyclic) bond motifs is 1. The lowest BCUT2D eigenvalue weighted by molar-refractivity contribution is 0.102. The largest absolute Gasteiger partial charge is 0.455 e. The zero-order valence-corrected chi connectivity index (χ0v) is 17.2. The van der Waals surface area contributed by atoms with Crippen molar-refractivity contribution >= 4 is 57.2 Å². The third-order valence-electron chi connectivity index (χ3n) is 4.36. The lowest BCUT2D eigenvalue weighted by atomic mass is 10.1. The maximum absolute atomic E-state index is 12.4. The number of nitrogens with one attached hydrogen (secondary N) is 1. The Morgan fingerprint density at radius 3 is 2.14 bits per heavy atom. The van der Waals surface area contributed by atoms with Gasteiger partial charge in [-0.2, -0.15) is 0 Å². The van der Waals surface area contributed by atoms with Crippen LogP contribution in [0.4, 0.5) is 5.69 Å². The fraction of sp³-hybridized carbons (Fsp3) is 0. The topological polar surface area (TPSA) is 38.3 Å². The van der Waals surface area contributed by atoms with Crippen molar-refractivity contribution in [3.63, 3.8) is 0 Å². The summed E-state index contributed by atoms with van der Waals surface area (Å²) in [4.78, 5) is 12.4. The van der Waals surface area contributed by atoms with Crippen molar-refractivity contribution < 1.29 is 9.53 Å².